The summed E-state index contributed by atoms with van der Waals surface area (Å²) in [6.45, 7) is 0. The number of hydrogen-bond acceptors (Lipinski definition) is 0. The maximum absolute atomic E-state index is 2.64. The standard InChI is InChI=1S/C34H22N2/c1-3-13-29-21(7-1)23-9-5-11-25-27-15-20-18-32-28(16-19(20)17-31(27)35(29)33(23)25)26-12-6-10-24-22-8-2-4-14-30(22)36(32)34(24)26/h1-5,7-9,11-18,28,32H,6,10H2. The van der Waals surface area contributed by atoms with E-state index in [4.69, 9.17) is 0 Å². The Morgan fingerprint density at radius 1 is 0.639 bits per heavy atom. The molecular weight excluding hydrogens is 436 g/mol. The van der Waals surface area contributed by atoms with Crippen LogP contribution in [0.3, 0.4) is 0 Å². The Morgan fingerprint density at radius 2 is 1.39 bits per heavy atom. The van der Waals surface area contributed by atoms with E-state index in [1.54, 1.807) is 5.56 Å². The largest absolute Gasteiger partial charge is 0.332 e. The molecule has 3 aromatic heterocycles. The molecule has 2 aliphatic carbocycles. The van der Waals surface area contributed by atoms with Crippen molar-refractivity contribution in [3.05, 3.63) is 107 Å². The first kappa shape index (κ1) is 18.0. The molecule has 0 saturated heterocycles. The molecule has 0 radical (unpaired) electrons. The first-order valence-electron chi connectivity index (χ1n) is 13.1. The molecule has 0 N–H and O–H groups in total. The number of nitrogens with zero attached hydrogens (tertiary/aromatic N) is 2. The number of aryl methyl sites for hydroxylation is 1. The Balaban J connectivity index is 1.34. The molecule has 2 heteroatoms. The highest BCUT2D eigenvalue weighted by Crippen LogP contribution is 2.51. The summed E-state index contributed by atoms with van der Waals surface area (Å²) in [6, 6.07) is 29.9. The molecule has 0 spiro atoms. The lowest BCUT2D eigenvalue weighted by molar-refractivity contribution is 0.641. The van der Waals surface area contributed by atoms with E-state index < -0.39 is 0 Å². The van der Waals surface area contributed by atoms with Crippen LogP contribution in [0.15, 0.2) is 84.9 Å². The predicted octanol–water partition coefficient (Wildman–Crippen LogP) is 6.57. The van der Waals surface area contributed by atoms with Crippen LogP contribution in [-0.2, 0) is 6.42 Å². The quantitative estimate of drug-likeness (QED) is 0.243. The topological polar surface area (TPSA) is 9.34 Å². The summed E-state index contributed by atoms with van der Waals surface area (Å²) in [5.41, 5.74) is 9.97. The number of hydrogen-bond donors (Lipinski definition) is 0. The zero-order valence-electron chi connectivity index (χ0n) is 19.7. The molecule has 1 aliphatic heterocycles. The first-order valence-corrected chi connectivity index (χ1v) is 13.1. The average Bonchev–Trinajstić information content (AvgIpc) is 3.64. The van der Waals surface area contributed by atoms with Crippen LogP contribution < -0.4 is 10.4 Å². The van der Waals surface area contributed by atoms with E-state index in [0.29, 0.717) is 12.0 Å². The van der Waals surface area contributed by atoms with E-state index in [0.717, 1.165) is 12.8 Å². The molecule has 0 fully saturated rings. The second kappa shape index (κ2) is 5.91. The highest BCUT2D eigenvalue weighted by atomic mass is 15.1. The SMILES string of the molecule is C1=C2c3c(c4ccccc4n3C3C=c4cc5c6cccc7c8ccccc8n(c5cc4=CC23)c76)CC1. The molecule has 168 valence electrons. The maximum atomic E-state index is 2.64. The van der Waals surface area contributed by atoms with Crippen molar-refractivity contribution in [3.8, 4) is 0 Å². The smallest absolute Gasteiger partial charge is 0.0635 e. The van der Waals surface area contributed by atoms with Gasteiger partial charge in [0.1, 0.15) is 0 Å². The third-order valence-electron chi connectivity index (χ3n) is 9.21. The summed E-state index contributed by atoms with van der Waals surface area (Å²) in [5, 5.41) is 9.60. The summed E-state index contributed by atoms with van der Waals surface area (Å²) in [5.74, 6) is 0.416. The molecular formula is C34H22N2. The summed E-state index contributed by atoms with van der Waals surface area (Å²) >= 11 is 0. The number of fused-ring (bicyclic) bond motifs is 13. The molecule has 0 bridgehead atoms. The van der Waals surface area contributed by atoms with Gasteiger partial charge in [-0.2, -0.15) is 0 Å². The van der Waals surface area contributed by atoms with Crippen molar-refractivity contribution in [2.45, 2.75) is 18.9 Å². The van der Waals surface area contributed by atoms with Crippen molar-refractivity contribution in [2.24, 2.45) is 5.92 Å². The van der Waals surface area contributed by atoms with E-state index in [-0.39, 0.29) is 0 Å². The van der Waals surface area contributed by atoms with Crippen LogP contribution in [0.5, 0.6) is 0 Å². The van der Waals surface area contributed by atoms with E-state index in [1.807, 2.05) is 0 Å². The van der Waals surface area contributed by atoms with Crippen LogP contribution in [0.2, 0.25) is 0 Å². The van der Waals surface area contributed by atoms with Gasteiger partial charge in [0, 0.05) is 44.1 Å². The monoisotopic (exact) mass is 458 g/mol. The number of allylic oxidation sites excluding steroid dienone is 2. The van der Waals surface area contributed by atoms with Crippen LogP contribution in [0.1, 0.15) is 23.7 Å². The summed E-state index contributed by atoms with van der Waals surface area (Å²) in [6.07, 6.45) is 9.93. The van der Waals surface area contributed by atoms with Crippen molar-refractivity contribution >= 4 is 66.7 Å². The van der Waals surface area contributed by atoms with Crippen molar-refractivity contribution in [1.82, 2.24) is 8.97 Å². The lowest BCUT2D eigenvalue weighted by atomic mass is 9.83. The molecule has 4 heterocycles. The Labute approximate surface area is 207 Å². The summed E-state index contributed by atoms with van der Waals surface area (Å²) < 4.78 is 5.14. The predicted molar refractivity (Wildman–Crippen MR) is 150 cm³/mol. The van der Waals surface area contributed by atoms with Gasteiger partial charge in [-0.15, -0.1) is 0 Å². The number of benzene rings is 4. The second-order valence-electron chi connectivity index (χ2n) is 10.8. The van der Waals surface area contributed by atoms with Crippen molar-refractivity contribution < 1.29 is 0 Å². The lowest BCUT2D eigenvalue weighted by Gasteiger charge is -2.21. The Morgan fingerprint density at radius 3 is 2.31 bits per heavy atom. The fourth-order valence-corrected chi connectivity index (χ4v) is 7.86. The number of para-hydroxylation sites is 3. The number of rotatable bonds is 0. The van der Waals surface area contributed by atoms with Gasteiger partial charge >= 0.3 is 0 Å². The molecule has 0 amide bonds. The first-order chi connectivity index (χ1) is 17.9. The van der Waals surface area contributed by atoms with E-state index in [1.165, 1.54) is 70.7 Å². The molecule has 4 aromatic carbocycles. The molecule has 10 rings (SSSR count). The van der Waals surface area contributed by atoms with E-state index in [2.05, 4.69) is 106 Å². The highest BCUT2D eigenvalue weighted by molar-refractivity contribution is 6.23. The highest BCUT2D eigenvalue weighted by Gasteiger charge is 2.39. The molecule has 2 atom stereocenters. The summed E-state index contributed by atoms with van der Waals surface area (Å²) in [7, 11) is 0. The molecule has 2 unspecified atom stereocenters. The Kier molecular flexibility index (Phi) is 2.96. The lowest BCUT2D eigenvalue weighted by Crippen LogP contribution is -2.32. The second-order valence-corrected chi connectivity index (χ2v) is 10.8. The molecule has 2 nitrogen and oxygen atoms in total. The van der Waals surface area contributed by atoms with Crippen LogP contribution in [-0.4, -0.2) is 8.97 Å². The third kappa shape index (κ3) is 1.89. The van der Waals surface area contributed by atoms with Crippen LogP contribution in [0.4, 0.5) is 0 Å². The van der Waals surface area contributed by atoms with Gasteiger partial charge in [-0.3, -0.25) is 0 Å². The van der Waals surface area contributed by atoms with Crippen molar-refractivity contribution in [3.63, 3.8) is 0 Å². The van der Waals surface area contributed by atoms with E-state index >= 15 is 0 Å². The van der Waals surface area contributed by atoms with Crippen LogP contribution in [0.25, 0.3) is 66.7 Å². The fourth-order valence-electron chi connectivity index (χ4n) is 7.86. The van der Waals surface area contributed by atoms with Gasteiger partial charge in [-0.25, -0.2) is 0 Å². The summed E-state index contributed by atoms with van der Waals surface area (Å²) in [4.78, 5) is 0. The van der Waals surface area contributed by atoms with E-state index in [9.17, 15) is 0 Å². The third-order valence-corrected chi connectivity index (χ3v) is 9.21. The Hall–Kier alpha value is -4.30. The van der Waals surface area contributed by atoms with Gasteiger partial charge < -0.3 is 8.97 Å². The average molecular weight is 459 g/mol. The maximum Gasteiger partial charge on any atom is 0.0635 e. The van der Waals surface area contributed by atoms with Crippen LogP contribution in [0, 0.1) is 5.92 Å². The normalized spacial score (nSPS) is 20.1. The minimum absolute atomic E-state index is 0.352. The van der Waals surface area contributed by atoms with Crippen molar-refractivity contribution in [1.29, 1.82) is 0 Å². The zero-order chi connectivity index (χ0) is 23.1. The van der Waals surface area contributed by atoms with Gasteiger partial charge in [0.05, 0.1) is 22.6 Å². The minimum Gasteiger partial charge on any atom is -0.332 e. The zero-order valence-corrected chi connectivity index (χ0v) is 19.7. The molecule has 7 aromatic rings. The number of aromatic nitrogens is 2. The molecule has 3 aliphatic rings. The van der Waals surface area contributed by atoms with Gasteiger partial charge in [0.15, 0.2) is 0 Å². The van der Waals surface area contributed by atoms with Gasteiger partial charge in [0.2, 0.25) is 0 Å². The van der Waals surface area contributed by atoms with Gasteiger partial charge in [-0.1, -0.05) is 72.8 Å². The molecule has 36 heavy (non-hydrogen) atoms. The molecule has 0 saturated carbocycles. The van der Waals surface area contributed by atoms with Gasteiger partial charge in [-0.05, 0) is 58.7 Å². The minimum atomic E-state index is 0.352. The Bertz CT molecular complexity index is 2270. The van der Waals surface area contributed by atoms with Gasteiger partial charge in [0.25, 0.3) is 0 Å². The fraction of sp³-hybridized carbons (Fsp3) is 0.118. The van der Waals surface area contributed by atoms with Crippen LogP contribution >= 0.6 is 0 Å². The van der Waals surface area contributed by atoms with Crippen molar-refractivity contribution in [2.75, 3.05) is 0 Å².